The van der Waals surface area contributed by atoms with E-state index in [1.165, 1.54) is 0 Å². The van der Waals surface area contributed by atoms with Crippen LogP contribution in [0.25, 0.3) is 0 Å². The summed E-state index contributed by atoms with van der Waals surface area (Å²) in [6.07, 6.45) is 4.78. The Labute approximate surface area is 158 Å². The zero-order valence-electron chi connectivity index (χ0n) is 15.7. The number of aromatic nitrogens is 2. The molecule has 1 fully saturated rings. The highest BCUT2D eigenvalue weighted by Crippen LogP contribution is 2.34. The maximum atomic E-state index is 9.17. The first-order chi connectivity index (χ1) is 12.5. The molecule has 3 rings (SSSR count). The number of thioether (sulfide) groups is 1. The van der Waals surface area contributed by atoms with Gasteiger partial charge in [0.05, 0.1) is 11.6 Å². The summed E-state index contributed by atoms with van der Waals surface area (Å²) in [4.78, 5) is 6.89. The summed E-state index contributed by atoms with van der Waals surface area (Å²) in [7, 11) is 0. The average Bonchev–Trinajstić information content (AvgIpc) is 3.29. The minimum atomic E-state index is 0.0213. The third-order valence-corrected chi connectivity index (χ3v) is 5.82. The van der Waals surface area contributed by atoms with E-state index in [0.29, 0.717) is 11.8 Å². The number of piperidine rings is 1. The van der Waals surface area contributed by atoms with E-state index in [1.807, 2.05) is 13.1 Å². The van der Waals surface area contributed by atoms with E-state index in [9.17, 15) is 5.11 Å². The molecule has 0 saturated carbocycles. The van der Waals surface area contributed by atoms with Gasteiger partial charge in [-0.3, -0.25) is 0 Å². The van der Waals surface area contributed by atoms with Crippen molar-refractivity contribution in [3.63, 3.8) is 0 Å². The molecule has 2 aliphatic heterocycles. The Morgan fingerprint density at radius 3 is 2.85 bits per heavy atom. The van der Waals surface area contributed by atoms with Gasteiger partial charge < -0.3 is 14.5 Å². The summed E-state index contributed by atoms with van der Waals surface area (Å²) in [5, 5.41) is 21.5. The number of rotatable bonds is 5. The van der Waals surface area contributed by atoms with E-state index in [1.54, 1.807) is 16.8 Å². The van der Waals surface area contributed by atoms with Gasteiger partial charge in [0.2, 0.25) is 5.89 Å². The lowest BCUT2D eigenvalue weighted by molar-refractivity contribution is 0.265. The van der Waals surface area contributed by atoms with Crippen LogP contribution in [0.4, 0.5) is 0 Å². The quantitative estimate of drug-likeness (QED) is 0.842. The number of hydrogen-bond acceptors (Lipinski definition) is 8. The zero-order valence-corrected chi connectivity index (χ0v) is 16.5. The lowest BCUT2D eigenvalue weighted by atomic mass is 9.97. The largest absolute Gasteiger partial charge is 0.392 e. The van der Waals surface area contributed by atoms with Gasteiger partial charge in [-0.1, -0.05) is 25.6 Å². The molecule has 1 aromatic heterocycles. The number of hydrogen-bond donors (Lipinski definition) is 1. The SMILES string of the molecule is C=C1SC(N2CCC(c3nc(C(C)CC)no3)CC2)=NN1/C=C(\C)CO. The molecule has 1 aromatic rings. The van der Waals surface area contributed by atoms with Gasteiger partial charge in [-0.05, 0) is 43.5 Å². The van der Waals surface area contributed by atoms with Crippen LogP contribution < -0.4 is 0 Å². The molecule has 1 unspecified atom stereocenters. The third kappa shape index (κ3) is 4.12. The first-order valence-corrected chi connectivity index (χ1v) is 9.94. The van der Waals surface area contributed by atoms with Gasteiger partial charge >= 0.3 is 0 Å². The minimum absolute atomic E-state index is 0.0213. The summed E-state index contributed by atoms with van der Waals surface area (Å²) >= 11 is 1.57. The number of hydrazone groups is 1. The fraction of sp³-hybridized carbons (Fsp3) is 0.611. The highest BCUT2D eigenvalue weighted by molar-refractivity contribution is 8.17. The minimum Gasteiger partial charge on any atom is -0.392 e. The molecule has 2 aliphatic rings. The lowest BCUT2D eigenvalue weighted by Crippen LogP contribution is -2.36. The Bertz CT molecular complexity index is 706. The maximum absolute atomic E-state index is 9.17. The molecule has 0 aliphatic carbocycles. The van der Waals surface area contributed by atoms with Crippen LogP contribution in [0.1, 0.15) is 63.6 Å². The van der Waals surface area contributed by atoms with Crippen LogP contribution in [0.3, 0.4) is 0 Å². The molecular formula is C18H27N5O2S. The van der Waals surface area contributed by atoms with Crippen molar-refractivity contribution in [1.29, 1.82) is 0 Å². The van der Waals surface area contributed by atoms with E-state index in [4.69, 9.17) is 4.52 Å². The van der Waals surface area contributed by atoms with Crippen molar-refractivity contribution in [3.8, 4) is 0 Å². The summed E-state index contributed by atoms with van der Waals surface area (Å²) < 4.78 is 5.51. The Balaban J connectivity index is 1.59. The Morgan fingerprint density at radius 2 is 2.19 bits per heavy atom. The average molecular weight is 378 g/mol. The number of aliphatic hydroxyl groups excluding tert-OH is 1. The van der Waals surface area contributed by atoms with Gasteiger partial charge in [-0.25, -0.2) is 5.01 Å². The van der Waals surface area contributed by atoms with Gasteiger partial charge in [0, 0.05) is 31.1 Å². The van der Waals surface area contributed by atoms with E-state index in [-0.39, 0.29) is 6.61 Å². The first-order valence-electron chi connectivity index (χ1n) is 9.13. The third-order valence-electron chi connectivity index (χ3n) is 4.88. The van der Waals surface area contributed by atoms with Gasteiger partial charge in [-0.15, -0.1) is 5.10 Å². The van der Waals surface area contributed by atoms with Crippen LogP contribution >= 0.6 is 11.8 Å². The van der Waals surface area contributed by atoms with Crippen molar-refractivity contribution in [2.45, 2.75) is 51.9 Å². The fourth-order valence-corrected chi connectivity index (χ4v) is 3.75. The van der Waals surface area contributed by atoms with Crippen LogP contribution in [-0.2, 0) is 0 Å². The maximum Gasteiger partial charge on any atom is 0.229 e. The number of aliphatic hydroxyl groups is 1. The van der Waals surface area contributed by atoms with E-state index < -0.39 is 0 Å². The van der Waals surface area contributed by atoms with Crippen molar-refractivity contribution in [1.82, 2.24) is 20.0 Å². The predicted molar refractivity (Wildman–Crippen MR) is 103 cm³/mol. The molecule has 26 heavy (non-hydrogen) atoms. The predicted octanol–water partition coefficient (Wildman–Crippen LogP) is 3.45. The topological polar surface area (TPSA) is 78.0 Å². The molecule has 0 amide bonds. The summed E-state index contributed by atoms with van der Waals surface area (Å²) in [6, 6.07) is 0. The molecule has 1 N–H and O–H groups in total. The molecule has 8 heteroatoms. The van der Waals surface area contributed by atoms with Gasteiger partial charge in [0.25, 0.3) is 0 Å². The standard InChI is InChI=1S/C18H27N5O2S/c1-5-13(3)16-19-17(25-21-16)15-6-8-22(9-7-15)18-20-23(14(4)26-18)10-12(2)11-24/h10,13,15,24H,4-9,11H2,1-3H3/b12-10+. The van der Waals surface area contributed by atoms with E-state index in [0.717, 1.165) is 59.8 Å². The van der Waals surface area contributed by atoms with Crippen LogP contribution in [0.5, 0.6) is 0 Å². The Kier molecular flexibility index (Phi) is 6.03. The van der Waals surface area contributed by atoms with Gasteiger partial charge in [0.1, 0.15) is 0 Å². The summed E-state index contributed by atoms with van der Waals surface area (Å²) in [5.41, 5.74) is 0.851. The molecule has 3 heterocycles. The summed E-state index contributed by atoms with van der Waals surface area (Å²) in [6.45, 7) is 12.0. The van der Waals surface area contributed by atoms with Crippen molar-refractivity contribution < 1.29 is 9.63 Å². The van der Waals surface area contributed by atoms with Gasteiger partial charge in [-0.2, -0.15) is 4.98 Å². The van der Waals surface area contributed by atoms with Crippen molar-refractivity contribution >= 4 is 16.9 Å². The van der Waals surface area contributed by atoms with Crippen LogP contribution in [0.15, 0.2) is 33.0 Å². The molecule has 142 valence electrons. The number of amidine groups is 1. The molecule has 0 bridgehead atoms. The molecule has 1 saturated heterocycles. The smallest absolute Gasteiger partial charge is 0.229 e. The molecule has 7 nitrogen and oxygen atoms in total. The second-order valence-corrected chi connectivity index (χ2v) is 7.96. The molecule has 0 aromatic carbocycles. The second-order valence-electron chi connectivity index (χ2n) is 6.92. The monoisotopic (exact) mass is 377 g/mol. The van der Waals surface area contributed by atoms with Crippen LogP contribution in [0, 0.1) is 0 Å². The Morgan fingerprint density at radius 1 is 1.46 bits per heavy atom. The van der Waals surface area contributed by atoms with E-state index in [2.05, 4.69) is 40.6 Å². The first kappa shape index (κ1) is 19.0. The highest BCUT2D eigenvalue weighted by Gasteiger charge is 2.30. The van der Waals surface area contributed by atoms with Crippen molar-refractivity contribution in [2.75, 3.05) is 19.7 Å². The number of nitrogens with zero attached hydrogens (tertiary/aromatic N) is 5. The van der Waals surface area contributed by atoms with Crippen molar-refractivity contribution in [3.05, 3.63) is 35.1 Å². The molecule has 0 radical (unpaired) electrons. The molecular weight excluding hydrogens is 350 g/mol. The van der Waals surface area contributed by atoms with Crippen LogP contribution in [0.2, 0.25) is 0 Å². The lowest BCUT2D eigenvalue weighted by Gasteiger charge is -2.30. The van der Waals surface area contributed by atoms with Crippen molar-refractivity contribution in [2.24, 2.45) is 5.10 Å². The Hall–Kier alpha value is -1.80. The normalized spacial score (nSPS) is 20.7. The molecule has 1 atom stereocenters. The second kappa shape index (κ2) is 8.26. The fourth-order valence-electron chi connectivity index (χ4n) is 2.91. The zero-order chi connectivity index (χ0) is 18.7. The highest BCUT2D eigenvalue weighted by atomic mass is 32.2. The summed E-state index contributed by atoms with van der Waals surface area (Å²) in [5.74, 6) is 2.25. The van der Waals surface area contributed by atoms with Crippen LogP contribution in [-0.4, -0.2) is 50.0 Å². The molecule has 0 spiro atoms. The number of likely N-dealkylation sites (tertiary alicyclic amines) is 1. The van der Waals surface area contributed by atoms with Gasteiger partial charge in [0.15, 0.2) is 11.0 Å². The van der Waals surface area contributed by atoms with E-state index >= 15 is 0 Å².